The molecular weight excluding hydrogens is 282 g/mol. The van der Waals surface area contributed by atoms with Gasteiger partial charge in [-0.3, -0.25) is 14.9 Å². The van der Waals surface area contributed by atoms with Crippen molar-refractivity contribution in [2.24, 2.45) is 10.2 Å². The van der Waals surface area contributed by atoms with Gasteiger partial charge < -0.3 is 0 Å². The SMILES string of the molecule is O=C(c1ccccc1)[C@H]1N=NC[C@H]1c1ccc([N+](=O)[O-])cc1. The molecule has 6 heteroatoms. The number of Topliss-reactive ketones (excluding diaryl/α,β-unsaturated/α-hetero) is 1. The summed E-state index contributed by atoms with van der Waals surface area (Å²) in [5.74, 6) is -0.251. The topological polar surface area (TPSA) is 84.9 Å². The number of carbonyl (C=O) groups is 1. The second-order valence-electron chi connectivity index (χ2n) is 5.07. The predicted octanol–water partition coefficient (Wildman–Crippen LogP) is 3.40. The van der Waals surface area contributed by atoms with Gasteiger partial charge in [0.05, 0.1) is 11.5 Å². The molecule has 1 aliphatic heterocycles. The van der Waals surface area contributed by atoms with Gasteiger partial charge in [-0.05, 0) is 5.56 Å². The number of hydrogen-bond acceptors (Lipinski definition) is 5. The molecule has 1 aliphatic rings. The number of carbonyl (C=O) groups excluding carboxylic acids is 1. The number of nitro groups is 1. The lowest BCUT2D eigenvalue weighted by atomic mass is 9.88. The van der Waals surface area contributed by atoms with Gasteiger partial charge in [0.15, 0.2) is 5.78 Å². The lowest BCUT2D eigenvalue weighted by molar-refractivity contribution is -0.384. The van der Waals surface area contributed by atoms with Gasteiger partial charge in [0.25, 0.3) is 5.69 Å². The molecule has 2 aromatic carbocycles. The molecule has 0 aromatic heterocycles. The van der Waals surface area contributed by atoms with E-state index in [0.29, 0.717) is 12.1 Å². The maximum absolute atomic E-state index is 12.5. The molecule has 0 amide bonds. The maximum Gasteiger partial charge on any atom is 0.269 e. The van der Waals surface area contributed by atoms with Crippen molar-refractivity contribution in [1.29, 1.82) is 0 Å². The van der Waals surface area contributed by atoms with E-state index in [1.54, 1.807) is 36.4 Å². The number of hydrogen-bond donors (Lipinski definition) is 0. The summed E-state index contributed by atoms with van der Waals surface area (Å²) in [6.45, 7) is 0.418. The largest absolute Gasteiger partial charge is 0.292 e. The highest BCUT2D eigenvalue weighted by atomic mass is 16.6. The monoisotopic (exact) mass is 295 g/mol. The normalized spacial score (nSPS) is 20.0. The molecule has 0 bridgehead atoms. The standard InChI is InChI=1S/C16H13N3O3/c20-16(12-4-2-1-3-5-12)15-14(10-17-18-15)11-6-8-13(9-7-11)19(21)22/h1-9,14-15H,10H2/t14-,15-/m0/s1. The number of benzene rings is 2. The molecule has 110 valence electrons. The zero-order chi connectivity index (χ0) is 15.5. The number of nitro benzene ring substituents is 1. The van der Waals surface area contributed by atoms with E-state index in [1.165, 1.54) is 12.1 Å². The average Bonchev–Trinajstić information content (AvgIpc) is 3.04. The molecule has 0 spiro atoms. The Bertz CT molecular complexity index is 726. The fraction of sp³-hybridized carbons (Fsp3) is 0.188. The molecule has 1 heterocycles. The van der Waals surface area contributed by atoms with E-state index >= 15 is 0 Å². The van der Waals surface area contributed by atoms with Crippen LogP contribution in [0.5, 0.6) is 0 Å². The third-order valence-electron chi connectivity index (χ3n) is 3.72. The van der Waals surface area contributed by atoms with Crippen molar-refractivity contribution in [3.05, 3.63) is 75.8 Å². The Labute approximate surface area is 126 Å². The van der Waals surface area contributed by atoms with Crippen LogP contribution in [-0.4, -0.2) is 23.3 Å². The second kappa shape index (κ2) is 5.85. The Hall–Kier alpha value is -2.89. The van der Waals surface area contributed by atoms with Crippen LogP contribution < -0.4 is 0 Å². The number of non-ortho nitro benzene ring substituents is 1. The van der Waals surface area contributed by atoms with Gasteiger partial charge in [0.1, 0.15) is 6.04 Å². The summed E-state index contributed by atoms with van der Waals surface area (Å²) >= 11 is 0. The first kappa shape index (κ1) is 14.1. The average molecular weight is 295 g/mol. The highest BCUT2D eigenvalue weighted by molar-refractivity contribution is 6.01. The number of nitrogens with zero attached hydrogens (tertiary/aromatic N) is 3. The molecule has 2 aromatic rings. The molecule has 0 saturated heterocycles. The van der Waals surface area contributed by atoms with Crippen LogP contribution in [0.2, 0.25) is 0 Å². The minimum Gasteiger partial charge on any atom is -0.292 e. The summed E-state index contributed by atoms with van der Waals surface area (Å²) in [4.78, 5) is 22.8. The minimum absolute atomic E-state index is 0.0292. The second-order valence-corrected chi connectivity index (χ2v) is 5.07. The highest BCUT2D eigenvalue weighted by Crippen LogP contribution is 2.31. The Balaban J connectivity index is 1.85. The molecule has 22 heavy (non-hydrogen) atoms. The molecule has 6 nitrogen and oxygen atoms in total. The number of rotatable bonds is 4. The quantitative estimate of drug-likeness (QED) is 0.492. The van der Waals surface area contributed by atoms with Crippen LogP contribution in [0.1, 0.15) is 21.8 Å². The summed E-state index contributed by atoms with van der Waals surface area (Å²) in [6, 6.07) is 14.6. The van der Waals surface area contributed by atoms with Crippen molar-refractivity contribution in [2.75, 3.05) is 6.54 Å². The first-order valence-corrected chi connectivity index (χ1v) is 6.87. The maximum atomic E-state index is 12.5. The van der Waals surface area contributed by atoms with E-state index in [1.807, 2.05) is 6.07 Å². The van der Waals surface area contributed by atoms with Crippen molar-refractivity contribution in [1.82, 2.24) is 0 Å². The van der Waals surface area contributed by atoms with Crippen LogP contribution in [0.4, 0.5) is 5.69 Å². The van der Waals surface area contributed by atoms with Crippen LogP contribution in [0.25, 0.3) is 0 Å². The van der Waals surface area contributed by atoms with Crippen molar-refractivity contribution in [3.63, 3.8) is 0 Å². The van der Waals surface area contributed by atoms with Crippen LogP contribution in [0, 0.1) is 10.1 Å². The Morgan fingerprint density at radius 2 is 1.77 bits per heavy atom. The fourth-order valence-electron chi connectivity index (χ4n) is 2.54. The zero-order valence-electron chi connectivity index (χ0n) is 11.6. The lowest BCUT2D eigenvalue weighted by Gasteiger charge is -2.15. The summed E-state index contributed by atoms with van der Waals surface area (Å²) in [7, 11) is 0. The van der Waals surface area contributed by atoms with Gasteiger partial charge in [-0.1, -0.05) is 42.5 Å². The Morgan fingerprint density at radius 3 is 2.41 bits per heavy atom. The van der Waals surface area contributed by atoms with E-state index in [2.05, 4.69) is 10.2 Å². The molecular formula is C16H13N3O3. The predicted molar refractivity (Wildman–Crippen MR) is 80.1 cm³/mol. The van der Waals surface area contributed by atoms with Gasteiger partial charge in [-0.25, -0.2) is 0 Å². The Kier molecular flexibility index (Phi) is 3.74. The smallest absolute Gasteiger partial charge is 0.269 e. The van der Waals surface area contributed by atoms with Gasteiger partial charge in [-0.2, -0.15) is 10.2 Å². The molecule has 3 rings (SSSR count). The Morgan fingerprint density at radius 1 is 1.09 bits per heavy atom. The fourth-order valence-corrected chi connectivity index (χ4v) is 2.54. The molecule has 0 aliphatic carbocycles. The molecule has 0 saturated carbocycles. The molecule has 0 unspecified atom stereocenters. The summed E-state index contributed by atoms with van der Waals surface area (Å²) < 4.78 is 0. The zero-order valence-corrected chi connectivity index (χ0v) is 11.6. The van der Waals surface area contributed by atoms with Gasteiger partial charge >= 0.3 is 0 Å². The van der Waals surface area contributed by atoms with Crippen LogP contribution >= 0.6 is 0 Å². The minimum atomic E-state index is -0.566. The molecule has 0 fully saturated rings. The van der Waals surface area contributed by atoms with E-state index in [9.17, 15) is 14.9 Å². The molecule has 0 N–H and O–H groups in total. The van der Waals surface area contributed by atoms with E-state index < -0.39 is 11.0 Å². The third kappa shape index (κ3) is 2.63. The number of ketones is 1. The third-order valence-corrected chi connectivity index (χ3v) is 3.72. The van der Waals surface area contributed by atoms with Gasteiger partial charge in [0, 0.05) is 23.6 Å². The number of azo groups is 1. The van der Waals surface area contributed by atoms with E-state index in [4.69, 9.17) is 0 Å². The lowest BCUT2D eigenvalue weighted by Crippen LogP contribution is -2.24. The van der Waals surface area contributed by atoms with Crippen molar-refractivity contribution < 1.29 is 9.72 Å². The van der Waals surface area contributed by atoms with Gasteiger partial charge in [0.2, 0.25) is 0 Å². The summed E-state index contributed by atoms with van der Waals surface area (Å²) in [6.07, 6.45) is 0. The first-order chi connectivity index (χ1) is 10.7. The van der Waals surface area contributed by atoms with E-state index in [-0.39, 0.29) is 17.4 Å². The summed E-state index contributed by atoms with van der Waals surface area (Å²) in [5.41, 5.74) is 1.46. The summed E-state index contributed by atoms with van der Waals surface area (Å²) in [5, 5.41) is 18.8. The van der Waals surface area contributed by atoms with Crippen LogP contribution in [0.3, 0.4) is 0 Å². The molecule has 2 atom stereocenters. The van der Waals surface area contributed by atoms with Crippen molar-refractivity contribution >= 4 is 11.5 Å². The highest BCUT2D eigenvalue weighted by Gasteiger charge is 2.34. The first-order valence-electron chi connectivity index (χ1n) is 6.87. The van der Waals surface area contributed by atoms with Crippen LogP contribution in [-0.2, 0) is 0 Å². The molecule has 0 radical (unpaired) electrons. The van der Waals surface area contributed by atoms with Crippen molar-refractivity contribution in [2.45, 2.75) is 12.0 Å². The van der Waals surface area contributed by atoms with Crippen molar-refractivity contribution in [3.8, 4) is 0 Å². The van der Waals surface area contributed by atoms with E-state index in [0.717, 1.165) is 5.56 Å². The van der Waals surface area contributed by atoms with Crippen LogP contribution in [0.15, 0.2) is 64.8 Å². The van der Waals surface area contributed by atoms with Gasteiger partial charge in [-0.15, -0.1) is 0 Å².